The Morgan fingerprint density at radius 1 is 1.47 bits per heavy atom. The van der Waals surface area contributed by atoms with E-state index >= 15 is 0 Å². The van der Waals surface area contributed by atoms with Crippen molar-refractivity contribution in [3.05, 3.63) is 37.7 Å². The summed E-state index contributed by atoms with van der Waals surface area (Å²) in [4.78, 5) is 1.04. The molecule has 2 N–H and O–H groups in total. The molecule has 1 atom stereocenters. The van der Waals surface area contributed by atoms with Crippen molar-refractivity contribution in [2.75, 3.05) is 0 Å². The monoisotopic (exact) mass is 333 g/mol. The Labute approximate surface area is 118 Å². The van der Waals surface area contributed by atoms with Gasteiger partial charge in [-0.3, -0.25) is 4.68 Å². The van der Waals surface area contributed by atoms with Crippen LogP contribution in [0.3, 0.4) is 0 Å². The summed E-state index contributed by atoms with van der Waals surface area (Å²) >= 11 is 10.9. The Balaban J connectivity index is 2.43. The van der Waals surface area contributed by atoms with Gasteiger partial charge in [-0.15, -0.1) is 11.3 Å². The average molecular weight is 335 g/mol. The summed E-state index contributed by atoms with van der Waals surface area (Å²) in [5, 5.41) is 4.33. The number of nitrogens with two attached hydrogens (primary N) is 1. The Morgan fingerprint density at radius 3 is 2.71 bits per heavy atom. The number of rotatable bonds is 3. The molecule has 0 aromatic carbocycles. The van der Waals surface area contributed by atoms with Crippen molar-refractivity contribution in [3.63, 3.8) is 0 Å². The summed E-state index contributed by atoms with van der Waals surface area (Å²) in [6.45, 7) is 4.16. The van der Waals surface area contributed by atoms with E-state index in [2.05, 4.69) is 34.9 Å². The average Bonchev–Trinajstić information content (AvgIpc) is 2.83. The molecule has 0 aliphatic heterocycles. The summed E-state index contributed by atoms with van der Waals surface area (Å²) in [6.07, 6.45) is 1.78. The molecular weight excluding hydrogens is 322 g/mol. The molecule has 0 amide bonds. The van der Waals surface area contributed by atoms with Crippen LogP contribution in [0.15, 0.2) is 22.8 Å². The van der Waals surface area contributed by atoms with Crippen molar-refractivity contribution in [2.24, 2.45) is 5.73 Å². The molecule has 2 aromatic heterocycles. The number of hydrogen-bond acceptors (Lipinski definition) is 3. The first-order valence-corrected chi connectivity index (χ1v) is 7.23. The van der Waals surface area contributed by atoms with Crippen LogP contribution in [0.1, 0.15) is 36.5 Å². The molecule has 0 saturated heterocycles. The molecule has 6 heteroatoms. The maximum atomic E-state index is 6.27. The van der Waals surface area contributed by atoms with Crippen molar-refractivity contribution >= 4 is 38.9 Å². The molecule has 0 saturated carbocycles. The van der Waals surface area contributed by atoms with Crippen LogP contribution in [0.4, 0.5) is 0 Å². The zero-order valence-corrected chi connectivity index (χ0v) is 12.7. The minimum absolute atomic E-state index is 0.202. The highest BCUT2D eigenvalue weighted by molar-refractivity contribution is 9.10. The number of hydrogen-bond donors (Lipinski definition) is 1. The van der Waals surface area contributed by atoms with E-state index in [9.17, 15) is 0 Å². The molecule has 3 nitrogen and oxygen atoms in total. The molecule has 0 aliphatic rings. The molecule has 17 heavy (non-hydrogen) atoms. The molecule has 0 bridgehead atoms. The first-order chi connectivity index (χ1) is 8.00. The maximum Gasteiger partial charge on any atom is 0.0931 e. The molecule has 0 spiro atoms. The maximum absolute atomic E-state index is 6.27. The van der Waals surface area contributed by atoms with Crippen LogP contribution < -0.4 is 5.73 Å². The molecule has 0 fully saturated rings. The minimum Gasteiger partial charge on any atom is -0.318 e. The third-order valence-corrected chi connectivity index (χ3v) is 4.40. The second-order valence-electron chi connectivity index (χ2n) is 4.04. The van der Waals surface area contributed by atoms with Gasteiger partial charge >= 0.3 is 0 Å². The summed E-state index contributed by atoms with van der Waals surface area (Å²) in [5.74, 6) is 0. The quantitative estimate of drug-likeness (QED) is 0.922. The molecule has 2 aromatic rings. The van der Waals surface area contributed by atoms with Crippen molar-refractivity contribution in [2.45, 2.75) is 25.9 Å². The standard InChI is InChI=1S/C11H13BrClN3S/c1-6(2)16-11(7(12)5-15-16)10(14)8-3-4-9(13)17-8/h3-6,10H,14H2,1-2H3. The highest BCUT2D eigenvalue weighted by Crippen LogP contribution is 2.33. The third-order valence-electron chi connectivity index (χ3n) is 2.47. The lowest BCUT2D eigenvalue weighted by Crippen LogP contribution is -2.18. The highest BCUT2D eigenvalue weighted by Gasteiger charge is 2.20. The first kappa shape index (κ1) is 13.1. The number of thiophene rings is 1. The Bertz CT molecular complexity index is 521. The largest absolute Gasteiger partial charge is 0.318 e. The predicted octanol–water partition coefficient (Wildman–Crippen LogP) is 3.99. The lowest BCUT2D eigenvalue weighted by molar-refractivity contribution is 0.499. The zero-order valence-electron chi connectivity index (χ0n) is 9.52. The van der Waals surface area contributed by atoms with Crippen molar-refractivity contribution < 1.29 is 0 Å². The van der Waals surface area contributed by atoms with E-state index in [-0.39, 0.29) is 12.1 Å². The van der Waals surface area contributed by atoms with Gasteiger partial charge in [-0.1, -0.05) is 11.6 Å². The third kappa shape index (κ3) is 2.57. The van der Waals surface area contributed by atoms with E-state index < -0.39 is 0 Å². The zero-order chi connectivity index (χ0) is 12.6. The molecule has 0 radical (unpaired) electrons. The molecule has 1 unspecified atom stereocenters. The molecule has 92 valence electrons. The van der Waals surface area contributed by atoms with Crippen LogP contribution >= 0.6 is 38.9 Å². The fourth-order valence-corrected chi connectivity index (χ4v) is 3.27. The lowest BCUT2D eigenvalue weighted by atomic mass is 10.2. The van der Waals surface area contributed by atoms with Gasteiger partial charge in [0.15, 0.2) is 0 Å². The number of halogens is 2. The molecule has 0 aliphatic carbocycles. The Hall–Kier alpha value is -0.360. The Kier molecular flexibility index (Phi) is 3.92. The van der Waals surface area contributed by atoms with Crippen molar-refractivity contribution in [1.29, 1.82) is 0 Å². The van der Waals surface area contributed by atoms with E-state index in [4.69, 9.17) is 17.3 Å². The topological polar surface area (TPSA) is 43.8 Å². The van der Waals surface area contributed by atoms with Crippen molar-refractivity contribution in [1.82, 2.24) is 9.78 Å². The van der Waals surface area contributed by atoms with Gasteiger partial charge in [0.25, 0.3) is 0 Å². The van der Waals surface area contributed by atoms with E-state index in [0.29, 0.717) is 0 Å². The van der Waals surface area contributed by atoms with Gasteiger partial charge in [-0.25, -0.2) is 0 Å². The molecule has 2 rings (SSSR count). The van der Waals surface area contributed by atoms with Crippen LogP contribution in [0.5, 0.6) is 0 Å². The van der Waals surface area contributed by atoms with Gasteiger partial charge in [-0.2, -0.15) is 5.10 Å². The molecular formula is C11H13BrClN3S. The number of nitrogens with zero attached hydrogens (tertiary/aromatic N) is 2. The fourth-order valence-electron chi connectivity index (χ4n) is 1.68. The normalized spacial score (nSPS) is 13.3. The van der Waals surface area contributed by atoms with Gasteiger partial charge in [0.05, 0.1) is 26.7 Å². The van der Waals surface area contributed by atoms with Gasteiger partial charge in [0.1, 0.15) is 0 Å². The predicted molar refractivity (Wildman–Crippen MR) is 75.7 cm³/mol. The lowest BCUT2D eigenvalue weighted by Gasteiger charge is -2.16. The van der Waals surface area contributed by atoms with Gasteiger partial charge in [0, 0.05) is 10.9 Å². The van der Waals surface area contributed by atoms with E-state index in [1.807, 2.05) is 16.8 Å². The van der Waals surface area contributed by atoms with Crippen LogP contribution in [-0.2, 0) is 0 Å². The van der Waals surface area contributed by atoms with Crippen LogP contribution in [0.25, 0.3) is 0 Å². The van der Waals surface area contributed by atoms with Gasteiger partial charge < -0.3 is 5.73 Å². The van der Waals surface area contributed by atoms with Gasteiger partial charge in [-0.05, 0) is 41.9 Å². The van der Waals surface area contributed by atoms with Crippen molar-refractivity contribution in [3.8, 4) is 0 Å². The number of aromatic nitrogens is 2. The molecule has 2 heterocycles. The van der Waals surface area contributed by atoms with Crippen LogP contribution in [-0.4, -0.2) is 9.78 Å². The van der Waals surface area contributed by atoms with E-state index in [1.165, 1.54) is 11.3 Å². The SMILES string of the molecule is CC(C)n1ncc(Br)c1C(N)c1ccc(Cl)s1. The minimum atomic E-state index is -0.202. The highest BCUT2D eigenvalue weighted by atomic mass is 79.9. The smallest absolute Gasteiger partial charge is 0.0931 e. The second kappa shape index (κ2) is 5.10. The Morgan fingerprint density at radius 2 is 2.18 bits per heavy atom. The van der Waals surface area contributed by atoms with E-state index in [1.54, 1.807) is 6.20 Å². The van der Waals surface area contributed by atoms with Crippen LogP contribution in [0, 0.1) is 0 Å². The second-order valence-corrected chi connectivity index (χ2v) is 6.64. The van der Waals surface area contributed by atoms with Gasteiger partial charge in [0.2, 0.25) is 0 Å². The van der Waals surface area contributed by atoms with E-state index in [0.717, 1.165) is 19.4 Å². The fraction of sp³-hybridized carbons (Fsp3) is 0.364. The first-order valence-electron chi connectivity index (χ1n) is 5.24. The summed E-state index contributed by atoms with van der Waals surface area (Å²) in [5.41, 5.74) is 7.26. The summed E-state index contributed by atoms with van der Waals surface area (Å²) in [6, 6.07) is 3.90. The van der Waals surface area contributed by atoms with Crippen LogP contribution in [0.2, 0.25) is 4.34 Å². The summed E-state index contributed by atoms with van der Waals surface area (Å²) < 4.78 is 3.62. The summed E-state index contributed by atoms with van der Waals surface area (Å²) in [7, 11) is 0.